The third-order valence-corrected chi connectivity index (χ3v) is 3.52. The molecule has 1 heterocycles. The molecule has 0 aliphatic rings. The van der Waals surface area contributed by atoms with Gasteiger partial charge in [-0.1, -0.05) is 6.07 Å². The Morgan fingerprint density at radius 2 is 2.10 bits per heavy atom. The molecule has 106 valence electrons. The average molecular weight is 348 g/mol. The zero-order valence-electron chi connectivity index (χ0n) is 11.0. The fourth-order valence-electron chi connectivity index (χ4n) is 1.86. The Morgan fingerprint density at radius 3 is 2.81 bits per heavy atom. The molecule has 0 amide bonds. The second-order valence-corrected chi connectivity index (χ2v) is 5.36. The van der Waals surface area contributed by atoms with E-state index >= 15 is 0 Å². The zero-order valence-corrected chi connectivity index (χ0v) is 12.5. The Kier molecular flexibility index (Phi) is 3.39. The number of fused-ring (bicyclic) bond motifs is 1. The summed E-state index contributed by atoms with van der Waals surface area (Å²) in [5.41, 5.74) is 2.14. The standard InChI is InChI=1S/C15H10BrNO4/c1-8-2-5-12(10(16)6-8)20-15-17-11-4-3-9(14(18)19)7-13(11)21-15/h2-7H,1H3,(H,18,19). The van der Waals surface area contributed by atoms with Crippen molar-refractivity contribution in [3.8, 4) is 11.8 Å². The van der Waals surface area contributed by atoms with Crippen LogP contribution in [0.15, 0.2) is 45.3 Å². The topological polar surface area (TPSA) is 72.6 Å². The molecule has 3 rings (SSSR count). The number of hydrogen-bond acceptors (Lipinski definition) is 4. The number of aryl methyl sites for hydroxylation is 1. The molecule has 1 N–H and O–H groups in total. The van der Waals surface area contributed by atoms with Gasteiger partial charge in [0.05, 0.1) is 10.0 Å². The smallest absolute Gasteiger partial charge is 0.400 e. The van der Waals surface area contributed by atoms with Crippen LogP contribution in [0.1, 0.15) is 15.9 Å². The Morgan fingerprint density at radius 1 is 1.29 bits per heavy atom. The van der Waals surface area contributed by atoms with Crippen LogP contribution in [0, 0.1) is 6.92 Å². The van der Waals surface area contributed by atoms with Crippen LogP contribution in [0.2, 0.25) is 0 Å². The minimum absolute atomic E-state index is 0.0668. The lowest BCUT2D eigenvalue weighted by Crippen LogP contribution is -1.94. The number of carbonyl (C=O) groups is 1. The molecule has 0 spiro atoms. The highest BCUT2D eigenvalue weighted by Gasteiger charge is 2.12. The van der Waals surface area contributed by atoms with Crippen molar-refractivity contribution in [1.82, 2.24) is 4.98 Å². The van der Waals surface area contributed by atoms with Crippen molar-refractivity contribution >= 4 is 33.0 Å². The Bertz CT molecular complexity index is 841. The minimum Gasteiger partial charge on any atom is -0.478 e. The number of aromatic carboxylic acids is 1. The highest BCUT2D eigenvalue weighted by atomic mass is 79.9. The number of nitrogens with zero attached hydrogens (tertiary/aromatic N) is 1. The first-order valence-electron chi connectivity index (χ1n) is 6.11. The van der Waals surface area contributed by atoms with Gasteiger partial charge in [0, 0.05) is 0 Å². The number of ether oxygens (including phenoxy) is 1. The SMILES string of the molecule is Cc1ccc(Oc2nc3ccc(C(=O)O)cc3o2)c(Br)c1. The van der Waals surface area contributed by atoms with Gasteiger partial charge in [-0.3, -0.25) is 0 Å². The van der Waals surface area contributed by atoms with E-state index < -0.39 is 5.97 Å². The third kappa shape index (κ3) is 2.75. The van der Waals surface area contributed by atoms with E-state index in [1.807, 2.05) is 19.1 Å². The lowest BCUT2D eigenvalue weighted by atomic mass is 10.2. The summed E-state index contributed by atoms with van der Waals surface area (Å²) >= 11 is 3.41. The number of benzene rings is 2. The Labute approximate surface area is 128 Å². The van der Waals surface area contributed by atoms with E-state index in [0.29, 0.717) is 16.8 Å². The maximum absolute atomic E-state index is 10.9. The molecule has 2 aromatic carbocycles. The number of aromatic nitrogens is 1. The van der Waals surface area contributed by atoms with Gasteiger partial charge in [-0.15, -0.1) is 0 Å². The van der Waals surface area contributed by atoms with E-state index in [2.05, 4.69) is 20.9 Å². The molecule has 3 aromatic rings. The molecule has 1 aromatic heterocycles. The number of carboxylic acid groups (broad SMARTS) is 1. The highest BCUT2D eigenvalue weighted by molar-refractivity contribution is 9.10. The van der Waals surface area contributed by atoms with Crippen LogP contribution in [0.4, 0.5) is 0 Å². The lowest BCUT2D eigenvalue weighted by molar-refractivity contribution is 0.0697. The maximum atomic E-state index is 10.9. The van der Waals surface area contributed by atoms with E-state index in [4.69, 9.17) is 14.3 Å². The van der Waals surface area contributed by atoms with Gasteiger partial charge in [0.25, 0.3) is 0 Å². The quantitative estimate of drug-likeness (QED) is 0.760. The van der Waals surface area contributed by atoms with Crippen LogP contribution < -0.4 is 4.74 Å². The Balaban J connectivity index is 1.95. The van der Waals surface area contributed by atoms with Crippen LogP contribution in [-0.4, -0.2) is 16.1 Å². The fraction of sp³-hybridized carbons (Fsp3) is 0.0667. The van der Waals surface area contributed by atoms with E-state index in [0.717, 1.165) is 10.0 Å². The van der Waals surface area contributed by atoms with Gasteiger partial charge < -0.3 is 14.3 Å². The van der Waals surface area contributed by atoms with Crippen LogP contribution in [0.5, 0.6) is 11.8 Å². The highest BCUT2D eigenvalue weighted by Crippen LogP contribution is 2.31. The third-order valence-electron chi connectivity index (χ3n) is 2.90. The van der Waals surface area contributed by atoms with Crippen LogP contribution in [-0.2, 0) is 0 Å². The van der Waals surface area contributed by atoms with Gasteiger partial charge in [0.1, 0.15) is 11.3 Å². The van der Waals surface area contributed by atoms with Crippen molar-refractivity contribution < 1.29 is 19.1 Å². The summed E-state index contributed by atoms with van der Waals surface area (Å²) in [6, 6.07) is 10.1. The van der Waals surface area contributed by atoms with Crippen molar-refractivity contribution in [2.75, 3.05) is 0 Å². The summed E-state index contributed by atoms with van der Waals surface area (Å²) in [5, 5.41) is 8.95. The fourth-order valence-corrected chi connectivity index (χ4v) is 2.44. The molecule has 6 heteroatoms. The zero-order chi connectivity index (χ0) is 15.0. The van der Waals surface area contributed by atoms with Crippen molar-refractivity contribution in [3.05, 3.63) is 52.0 Å². The number of oxazole rings is 1. The summed E-state index contributed by atoms with van der Waals surface area (Å²) in [4.78, 5) is 15.1. The second kappa shape index (κ2) is 5.21. The first-order chi connectivity index (χ1) is 10.0. The molecule has 0 radical (unpaired) electrons. The van der Waals surface area contributed by atoms with Gasteiger partial charge in [-0.05, 0) is 58.7 Å². The number of halogens is 1. The largest absolute Gasteiger partial charge is 0.478 e. The molecule has 21 heavy (non-hydrogen) atoms. The van der Waals surface area contributed by atoms with Gasteiger partial charge in [0.15, 0.2) is 5.58 Å². The van der Waals surface area contributed by atoms with Crippen molar-refractivity contribution in [3.63, 3.8) is 0 Å². The first kappa shape index (κ1) is 13.6. The van der Waals surface area contributed by atoms with Crippen LogP contribution in [0.3, 0.4) is 0 Å². The summed E-state index contributed by atoms with van der Waals surface area (Å²) in [6.07, 6.45) is 0.0668. The first-order valence-corrected chi connectivity index (χ1v) is 6.90. The predicted octanol–water partition coefficient (Wildman–Crippen LogP) is 4.39. The molecule has 0 unspecified atom stereocenters. The molecule has 0 aliphatic heterocycles. The van der Waals surface area contributed by atoms with Gasteiger partial charge in [0.2, 0.25) is 0 Å². The monoisotopic (exact) mass is 347 g/mol. The molecule has 0 aliphatic carbocycles. The van der Waals surface area contributed by atoms with Crippen molar-refractivity contribution in [2.45, 2.75) is 6.92 Å². The molecule has 5 nitrogen and oxygen atoms in total. The van der Waals surface area contributed by atoms with Crippen LogP contribution >= 0.6 is 15.9 Å². The van der Waals surface area contributed by atoms with Gasteiger partial charge >= 0.3 is 12.0 Å². The van der Waals surface area contributed by atoms with Crippen molar-refractivity contribution in [2.24, 2.45) is 0 Å². The maximum Gasteiger partial charge on any atom is 0.400 e. The number of rotatable bonds is 3. The molecule has 0 bridgehead atoms. The Hall–Kier alpha value is -2.34. The lowest BCUT2D eigenvalue weighted by Gasteiger charge is -2.03. The summed E-state index contributed by atoms with van der Waals surface area (Å²) < 4.78 is 11.8. The molecule has 0 fully saturated rings. The van der Waals surface area contributed by atoms with Gasteiger partial charge in [-0.2, -0.15) is 4.98 Å². The molecule has 0 atom stereocenters. The summed E-state index contributed by atoms with van der Waals surface area (Å²) in [6.45, 7) is 1.97. The van der Waals surface area contributed by atoms with E-state index in [1.165, 1.54) is 12.1 Å². The minimum atomic E-state index is -1.02. The predicted molar refractivity (Wildman–Crippen MR) is 79.9 cm³/mol. The van der Waals surface area contributed by atoms with E-state index in [9.17, 15) is 4.79 Å². The van der Waals surface area contributed by atoms with E-state index in [-0.39, 0.29) is 11.6 Å². The molecular formula is C15H10BrNO4. The van der Waals surface area contributed by atoms with Gasteiger partial charge in [-0.25, -0.2) is 4.79 Å². The normalized spacial score (nSPS) is 10.8. The number of carboxylic acids is 1. The van der Waals surface area contributed by atoms with Crippen LogP contribution in [0.25, 0.3) is 11.1 Å². The molecule has 0 saturated carbocycles. The second-order valence-electron chi connectivity index (χ2n) is 4.50. The molecular weight excluding hydrogens is 338 g/mol. The number of hydrogen-bond donors (Lipinski definition) is 1. The van der Waals surface area contributed by atoms with Crippen molar-refractivity contribution in [1.29, 1.82) is 0 Å². The summed E-state index contributed by atoms with van der Waals surface area (Å²) in [7, 11) is 0. The summed E-state index contributed by atoms with van der Waals surface area (Å²) in [5.74, 6) is -0.442. The average Bonchev–Trinajstić information content (AvgIpc) is 2.83. The van der Waals surface area contributed by atoms with E-state index in [1.54, 1.807) is 12.1 Å². The molecule has 0 saturated heterocycles.